The maximum Gasteiger partial charge on any atom is 0.152 e. The summed E-state index contributed by atoms with van der Waals surface area (Å²) in [7, 11) is 0. The molecule has 62 valence electrons. The van der Waals surface area contributed by atoms with Gasteiger partial charge in [-0.05, 0) is 25.5 Å². The zero-order valence-electron chi connectivity index (χ0n) is 6.54. The molecule has 0 amide bonds. The van der Waals surface area contributed by atoms with Crippen LogP contribution in [0.4, 0.5) is 4.39 Å². The monoisotopic (exact) mass is 158 g/mol. The van der Waals surface area contributed by atoms with Crippen molar-refractivity contribution in [2.24, 2.45) is 0 Å². The highest BCUT2D eigenvalue weighted by Gasteiger charge is 2.07. The number of carbonyl (C=O) groups is 1. The van der Waals surface area contributed by atoms with Crippen molar-refractivity contribution in [1.29, 1.82) is 0 Å². The molecule has 0 aromatic rings. The van der Waals surface area contributed by atoms with Crippen LogP contribution in [0.15, 0.2) is 23.6 Å². The average molecular weight is 158 g/mol. The average Bonchev–Trinajstić information content (AvgIpc) is 2.02. The highest BCUT2D eigenvalue weighted by atomic mass is 19.1. The predicted octanol–water partition coefficient (Wildman–Crippen LogP) is 1.37. The van der Waals surface area contributed by atoms with E-state index in [2.05, 4.69) is 0 Å². The van der Waals surface area contributed by atoms with Crippen molar-refractivity contribution in [2.75, 3.05) is 0 Å². The van der Waals surface area contributed by atoms with Gasteiger partial charge < -0.3 is 9.90 Å². The van der Waals surface area contributed by atoms with Crippen LogP contribution >= 0.6 is 0 Å². The van der Waals surface area contributed by atoms with Gasteiger partial charge in [-0.15, -0.1) is 0 Å². The van der Waals surface area contributed by atoms with E-state index in [1.807, 2.05) is 0 Å². The molecule has 0 rings (SSSR count). The van der Waals surface area contributed by atoms with Gasteiger partial charge in [0.15, 0.2) is 6.29 Å². The quantitative estimate of drug-likeness (QED) is 0.497. The van der Waals surface area contributed by atoms with Crippen LogP contribution in [0.2, 0.25) is 0 Å². The molecule has 0 heterocycles. The fourth-order valence-corrected chi connectivity index (χ4v) is 0.521. The lowest BCUT2D eigenvalue weighted by atomic mass is 10.1. The van der Waals surface area contributed by atoms with Gasteiger partial charge in [-0.25, -0.2) is 4.39 Å². The Labute approximate surface area is 65.0 Å². The molecule has 0 spiro atoms. The van der Waals surface area contributed by atoms with E-state index in [4.69, 9.17) is 5.11 Å². The molecule has 0 fully saturated rings. The molecule has 0 aromatic heterocycles. The third-order valence-electron chi connectivity index (χ3n) is 1.26. The SMILES string of the molecule is C/C=C\C(F)=C(/C)C(O)C=O. The van der Waals surface area contributed by atoms with Gasteiger partial charge in [-0.1, -0.05) is 6.08 Å². The molecule has 0 aliphatic rings. The summed E-state index contributed by atoms with van der Waals surface area (Å²) in [5.74, 6) is -0.563. The molecule has 1 unspecified atom stereocenters. The van der Waals surface area contributed by atoms with Gasteiger partial charge in [-0.3, -0.25) is 0 Å². The highest BCUT2D eigenvalue weighted by Crippen LogP contribution is 2.09. The number of carbonyl (C=O) groups excluding carboxylic acids is 1. The summed E-state index contributed by atoms with van der Waals surface area (Å²) in [5.41, 5.74) is 0.0399. The van der Waals surface area contributed by atoms with Crippen LogP contribution in [0.3, 0.4) is 0 Å². The first kappa shape index (κ1) is 10.0. The number of aliphatic hydroxyl groups excluding tert-OH is 1. The number of halogens is 1. The van der Waals surface area contributed by atoms with Crippen molar-refractivity contribution < 1.29 is 14.3 Å². The molecule has 0 aromatic carbocycles. The van der Waals surface area contributed by atoms with Crippen LogP contribution in [0, 0.1) is 0 Å². The smallest absolute Gasteiger partial charge is 0.152 e. The van der Waals surface area contributed by atoms with Gasteiger partial charge >= 0.3 is 0 Å². The van der Waals surface area contributed by atoms with E-state index in [-0.39, 0.29) is 5.57 Å². The molecular formula is C8H11FO2. The Morgan fingerprint density at radius 1 is 1.64 bits per heavy atom. The van der Waals surface area contributed by atoms with E-state index in [0.717, 1.165) is 0 Å². The molecule has 1 atom stereocenters. The molecule has 11 heavy (non-hydrogen) atoms. The van der Waals surface area contributed by atoms with E-state index < -0.39 is 11.9 Å². The molecular weight excluding hydrogens is 147 g/mol. The van der Waals surface area contributed by atoms with Crippen LogP contribution in [0.5, 0.6) is 0 Å². The second kappa shape index (κ2) is 4.79. The van der Waals surface area contributed by atoms with Gasteiger partial charge in [0.05, 0.1) is 0 Å². The summed E-state index contributed by atoms with van der Waals surface area (Å²) in [4.78, 5) is 9.98. The summed E-state index contributed by atoms with van der Waals surface area (Å²) in [6.07, 6.45) is 1.66. The molecule has 2 nitrogen and oxygen atoms in total. The first-order chi connectivity index (χ1) is 5.13. The molecule has 0 radical (unpaired) electrons. The number of aldehydes is 1. The second-order valence-electron chi connectivity index (χ2n) is 2.11. The van der Waals surface area contributed by atoms with Crippen molar-refractivity contribution >= 4 is 6.29 Å². The summed E-state index contributed by atoms with van der Waals surface area (Å²) in [6.45, 7) is 3.02. The van der Waals surface area contributed by atoms with Gasteiger partial charge in [0, 0.05) is 0 Å². The molecule has 0 saturated heterocycles. The Kier molecular flexibility index (Phi) is 4.38. The zero-order chi connectivity index (χ0) is 8.85. The van der Waals surface area contributed by atoms with E-state index in [9.17, 15) is 9.18 Å². The maximum absolute atomic E-state index is 12.7. The topological polar surface area (TPSA) is 37.3 Å². The third-order valence-corrected chi connectivity index (χ3v) is 1.26. The van der Waals surface area contributed by atoms with Crippen LogP contribution in [-0.4, -0.2) is 17.5 Å². The van der Waals surface area contributed by atoms with Crippen LogP contribution in [0.25, 0.3) is 0 Å². The molecule has 0 aliphatic carbocycles. The Bertz CT molecular complexity index is 194. The third kappa shape index (κ3) is 3.09. The van der Waals surface area contributed by atoms with Crippen molar-refractivity contribution in [3.05, 3.63) is 23.6 Å². The lowest BCUT2D eigenvalue weighted by Crippen LogP contribution is -2.10. The fraction of sp³-hybridized carbons (Fsp3) is 0.375. The largest absolute Gasteiger partial charge is 0.381 e. The zero-order valence-corrected chi connectivity index (χ0v) is 6.54. The summed E-state index contributed by atoms with van der Waals surface area (Å²) < 4.78 is 12.7. The number of aliphatic hydroxyl groups is 1. The van der Waals surface area contributed by atoms with Crippen molar-refractivity contribution in [3.8, 4) is 0 Å². The minimum atomic E-state index is -1.33. The lowest BCUT2D eigenvalue weighted by molar-refractivity contribution is -0.113. The predicted molar refractivity (Wildman–Crippen MR) is 40.7 cm³/mol. The molecule has 0 bridgehead atoms. The minimum Gasteiger partial charge on any atom is -0.381 e. The van der Waals surface area contributed by atoms with E-state index in [1.165, 1.54) is 19.1 Å². The number of hydrogen-bond donors (Lipinski definition) is 1. The van der Waals surface area contributed by atoms with Gasteiger partial charge in [0.1, 0.15) is 11.9 Å². The van der Waals surface area contributed by atoms with E-state index >= 15 is 0 Å². The summed E-state index contributed by atoms with van der Waals surface area (Å²) in [5, 5.41) is 8.82. The Morgan fingerprint density at radius 3 is 2.55 bits per heavy atom. The summed E-state index contributed by atoms with van der Waals surface area (Å²) in [6, 6.07) is 0. The van der Waals surface area contributed by atoms with E-state index in [0.29, 0.717) is 6.29 Å². The first-order valence-corrected chi connectivity index (χ1v) is 3.25. The van der Waals surface area contributed by atoms with Crippen molar-refractivity contribution in [2.45, 2.75) is 20.0 Å². The lowest BCUT2D eigenvalue weighted by Gasteiger charge is -2.01. The van der Waals surface area contributed by atoms with Gasteiger partial charge in [-0.2, -0.15) is 0 Å². The van der Waals surface area contributed by atoms with Crippen LogP contribution in [-0.2, 0) is 4.79 Å². The molecule has 3 heteroatoms. The highest BCUT2D eigenvalue weighted by molar-refractivity contribution is 5.61. The minimum absolute atomic E-state index is 0.0399. The van der Waals surface area contributed by atoms with Crippen LogP contribution < -0.4 is 0 Å². The fourth-order valence-electron chi connectivity index (χ4n) is 0.521. The molecule has 0 saturated carbocycles. The maximum atomic E-state index is 12.7. The van der Waals surface area contributed by atoms with Crippen molar-refractivity contribution in [3.63, 3.8) is 0 Å². The van der Waals surface area contributed by atoms with E-state index in [1.54, 1.807) is 6.92 Å². The normalized spacial score (nSPS) is 16.4. The standard InChI is InChI=1S/C8H11FO2/c1-3-4-7(9)6(2)8(11)5-10/h3-5,8,11H,1-2H3/b4-3-,7-6-. The second-order valence-corrected chi connectivity index (χ2v) is 2.11. The summed E-state index contributed by atoms with van der Waals surface area (Å²) >= 11 is 0. The molecule has 1 N–H and O–H groups in total. The Balaban J connectivity index is 4.50. The molecule has 0 aliphatic heterocycles. The number of hydrogen-bond acceptors (Lipinski definition) is 2. The number of allylic oxidation sites excluding steroid dienone is 3. The van der Waals surface area contributed by atoms with Gasteiger partial charge in [0.25, 0.3) is 0 Å². The van der Waals surface area contributed by atoms with Gasteiger partial charge in [0.2, 0.25) is 0 Å². The number of rotatable bonds is 3. The first-order valence-electron chi connectivity index (χ1n) is 3.25. The van der Waals surface area contributed by atoms with Crippen LogP contribution in [0.1, 0.15) is 13.8 Å². The Morgan fingerprint density at radius 2 is 2.18 bits per heavy atom. The van der Waals surface area contributed by atoms with Crippen molar-refractivity contribution in [1.82, 2.24) is 0 Å². The Hall–Kier alpha value is -0.960.